The summed E-state index contributed by atoms with van der Waals surface area (Å²) in [6, 6.07) is 20.7. The first-order valence-electron chi connectivity index (χ1n) is 9.92. The number of rotatable bonds is 6. The molecule has 4 rings (SSSR count). The Morgan fingerprint density at radius 3 is 2.35 bits per heavy atom. The van der Waals surface area contributed by atoms with Crippen molar-refractivity contribution in [1.29, 1.82) is 0 Å². The molecule has 0 fully saturated rings. The van der Waals surface area contributed by atoms with Gasteiger partial charge in [0, 0.05) is 33.3 Å². The number of anilines is 2. The first-order chi connectivity index (χ1) is 14.3. The van der Waals surface area contributed by atoms with Gasteiger partial charge in [0.1, 0.15) is 6.54 Å². The summed E-state index contributed by atoms with van der Waals surface area (Å²) in [7, 11) is 4.51. The van der Waals surface area contributed by atoms with Crippen molar-refractivity contribution in [2.45, 2.75) is 22.8 Å². The molecule has 3 aromatic rings. The van der Waals surface area contributed by atoms with Crippen molar-refractivity contribution >= 4 is 57.9 Å². The number of hydrogen-bond donors (Lipinski definition) is 0. The summed E-state index contributed by atoms with van der Waals surface area (Å²) in [4.78, 5) is 4.95. The van der Waals surface area contributed by atoms with Crippen LogP contribution in [0.3, 0.4) is 0 Å². The number of halogens is 4. The number of para-hydroxylation sites is 1. The normalized spacial score (nSPS) is 12.7. The van der Waals surface area contributed by atoms with Crippen LogP contribution < -0.4 is 17.3 Å². The lowest BCUT2D eigenvalue weighted by atomic mass is 10.1. The fraction of sp³-hybridized carbons (Fsp3) is 0.250. The van der Waals surface area contributed by atoms with Crippen LogP contribution in [0, 0.1) is 0 Å². The second kappa shape index (κ2) is 10.2. The zero-order chi connectivity index (χ0) is 21.3. The molecule has 1 heterocycles. The van der Waals surface area contributed by atoms with E-state index in [9.17, 15) is 0 Å². The summed E-state index contributed by atoms with van der Waals surface area (Å²) < 4.78 is 0.880. The molecule has 1 aliphatic rings. The lowest BCUT2D eigenvalue weighted by Gasteiger charge is -2.35. The van der Waals surface area contributed by atoms with Crippen LogP contribution in [0.5, 0.6) is 0 Å². The van der Waals surface area contributed by atoms with Gasteiger partial charge in [-0.1, -0.05) is 64.8 Å². The number of quaternary nitrogens is 1. The topological polar surface area (TPSA) is 3.24 Å². The Bertz CT molecular complexity index is 1070. The Hall–Kier alpha value is -1.07. The highest BCUT2D eigenvalue weighted by Crippen LogP contribution is 2.48. The van der Waals surface area contributed by atoms with E-state index in [2.05, 4.69) is 61.5 Å². The van der Waals surface area contributed by atoms with Crippen molar-refractivity contribution in [3.05, 3.63) is 81.3 Å². The summed E-state index contributed by atoms with van der Waals surface area (Å²) in [6.45, 7) is 2.89. The lowest BCUT2D eigenvalue weighted by molar-refractivity contribution is -0.903. The minimum absolute atomic E-state index is 0. The van der Waals surface area contributed by atoms with E-state index in [0.717, 1.165) is 35.6 Å². The molecule has 0 atom stereocenters. The van der Waals surface area contributed by atoms with Gasteiger partial charge in [-0.25, -0.2) is 0 Å². The molecular formula is C24H24Cl4N2S. The van der Waals surface area contributed by atoms with Gasteiger partial charge in [0.2, 0.25) is 0 Å². The third-order valence-corrected chi connectivity index (χ3v) is 7.43. The predicted octanol–water partition coefficient (Wildman–Crippen LogP) is 4.92. The number of fused-ring (bicyclic) bond motifs is 2. The van der Waals surface area contributed by atoms with E-state index in [1.165, 1.54) is 26.7 Å². The van der Waals surface area contributed by atoms with Gasteiger partial charge in [-0.05, 0) is 42.5 Å². The molecule has 0 aliphatic carbocycles. The highest BCUT2D eigenvalue weighted by molar-refractivity contribution is 7.99. The molecule has 7 heteroatoms. The van der Waals surface area contributed by atoms with Gasteiger partial charge < -0.3 is 21.8 Å². The zero-order valence-electron chi connectivity index (χ0n) is 17.4. The van der Waals surface area contributed by atoms with E-state index in [-0.39, 0.29) is 12.4 Å². The Labute approximate surface area is 210 Å². The minimum Gasteiger partial charge on any atom is -1.00 e. The molecule has 0 N–H and O–H groups in total. The third kappa shape index (κ3) is 5.84. The Balaban J connectivity index is 0.00000272. The predicted molar refractivity (Wildman–Crippen MR) is 131 cm³/mol. The maximum atomic E-state index is 6.33. The number of nitrogens with zero attached hydrogens (tertiary/aromatic N) is 2. The smallest absolute Gasteiger partial charge is 0.104 e. The monoisotopic (exact) mass is 512 g/mol. The van der Waals surface area contributed by atoms with Crippen molar-refractivity contribution < 1.29 is 16.9 Å². The first-order valence-corrected chi connectivity index (χ1v) is 11.9. The van der Waals surface area contributed by atoms with Gasteiger partial charge in [0.05, 0.1) is 42.1 Å². The SMILES string of the molecule is C[N+](C)(CCCN1c2ccccc2Sc2ccc(Cl)cc21)Cc1ccc(Cl)c(Cl)c1.[Cl-]. The van der Waals surface area contributed by atoms with Gasteiger partial charge in [-0.3, -0.25) is 0 Å². The van der Waals surface area contributed by atoms with Crippen LogP contribution in [0.4, 0.5) is 11.4 Å². The van der Waals surface area contributed by atoms with Crippen molar-refractivity contribution in [3.8, 4) is 0 Å². The molecular weight excluding hydrogens is 490 g/mol. The molecule has 0 radical (unpaired) electrons. The highest BCUT2D eigenvalue weighted by Gasteiger charge is 2.24. The largest absolute Gasteiger partial charge is 1.00 e. The van der Waals surface area contributed by atoms with E-state index in [1.807, 2.05) is 30.0 Å². The maximum absolute atomic E-state index is 6.33. The van der Waals surface area contributed by atoms with Crippen LogP contribution in [0.25, 0.3) is 0 Å². The molecule has 0 bridgehead atoms. The molecule has 2 nitrogen and oxygen atoms in total. The van der Waals surface area contributed by atoms with E-state index in [4.69, 9.17) is 34.8 Å². The second-order valence-corrected chi connectivity index (χ2v) is 10.6. The average Bonchev–Trinajstić information content (AvgIpc) is 2.70. The number of hydrogen-bond acceptors (Lipinski definition) is 2. The summed E-state index contributed by atoms with van der Waals surface area (Å²) in [5, 5.41) is 1.99. The maximum Gasteiger partial charge on any atom is 0.104 e. The second-order valence-electron chi connectivity index (χ2n) is 8.25. The van der Waals surface area contributed by atoms with Crippen LogP contribution in [0.1, 0.15) is 12.0 Å². The summed E-state index contributed by atoms with van der Waals surface area (Å²) in [6.07, 6.45) is 1.05. The number of benzene rings is 3. The fourth-order valence-electron chi connectivity index (χ4n) is 3.91. The van der Waals surface area contributed by atoms with Gasteiger partial charge in [0.15, 0.2) is 0 Å². The molecule has 164 valence electrons. The zero-order valence-corrected chi connectivity index (χ0v) is 21.3. The molecule has 0 saturated carbocycles. The standard InChI is InChI=1S/C24H24Cl3N2S.ClH/c1-29(2,16-17-8-10-19(26)20(27)14-17)13-5-12-28-21-6-3-4-7-23(21)30-24-11-9-18(25)15-22(24)28;/h3-4,6-11,14-15H,5,12-13,16H2,1-2H3;1H/q+1;/p-1. The van der Waals surface area contributed by atoms with Crippen molar-refractivity contribution in [1.82, 2.24) is 0 Å². The van der Waals surface area contributed by atoms with Crippen LogP contribution in [0.2, 0.25) is 15.1 Å². The van der Waals surface area contributed by atoms with Crippen LogP contribution in [-0.2, 0) is 6.54 Å². The fourth-order valence-corrected chi connectivity index (χ4v) is 5.47. The summed E-state index contributed by atoms with van der Waals surface area (Å²) >= 11 is 20.4. The van der Waals surface area contributed by atoms with Gasteiger partial charge >= 0.3 is 0 Å². The van der Waals surface area contributed by atoms with Gasteiger partial charge in [-0.15, -0.1) is 0 Å². The molecule has 0 saturated heterocycles. The van der Waals surface area contributed by atoms with Crippen LogP contribution >= 0.6 is 46.6 Å². The van der Waals surface area contributed by atoms with E-state index in [0.29, 0.717) is 10.0 Å². The molecule has 1 aliphatic heterocycles. The molecule has 0 amide bonds. The molecule has 0 spiro atoms. The van der Waals surface area contributed by atoms with Crippen molar-refractivity contribution in [3.63, 3.8) is 0 Å². The first kappa shape index (κ1) is 24.6. The van der Waals surface area contributed by atoms with Gasteiger partial charge in [0.25, 0.3) is 0 Å². The van der Waals surface area contributed by atoms with E-state index < -0.39 is 0 Å². The Morgan fingerprint density at radius 2 is 1.58 bits per heavy atom. The molecule has 0 aromatic heterocycles. The lowest BCUT2D eigenvalue weighted by Crippen LogP contribution is -3.00. The van der Waals surface area contributed by atoms with Gasteiger partial charge in [-0.2, -0.15) is 0 Å². The quantitative estimate of drug-likeness (QED) is 0.430. The van der Waals surface area contributed by atoms with Crippen LogP contribution in [-0.4, -0.2) is 31.7 Å². The minimum atomic E-state index is 0. The van der Waals surface area contributed by atoms with Crippen molar-refractivity contribution in [2.24, 2.45) is 0 Å². The average molecular weight is 514 g/mol. The Kier molecular flexibility index (Phi) is 8.12. The van der Waals surface area contributed by atoms with Crippen LogP contribution in [0.15, 0.2) is 70.5 Å². The highest BCUT2D eigenvalue weighted by atomic mass is 35.5. The summed E-state index contributed by atoms with van der Waals surface area (Å²) in [5.74, 6) is 0. The van der Waals surface area contributed by atoms with E-state index in [1.54, 1.807) is 0 Å². The molecule has 31 heavy (non-hydrogen) atoms. The molecule has 0 unspecified atom stereocenters. The van der Waals surface area contributed by atoms with E-state index >= 15 is 0 Å². The third-order valence-electron chi connectivity index (χ3n) is 5.33. The Morgan fingerprint density at radius 1 is 0.839 bits per heavy atom. The summed E-state index contributed by atoms with van der Waals surface area (Å²) in [5.41, 5.74) is 3.65. The van der Waals surface area contributed by atoms with Crippen molar-refractivity contribution in [2.75, 3.05) is 32.1 Å². The molecule has 3 aromatic carbocycles.